The Balaban J connectivity index is 3.37. The molecule has 0 aliphatic rings. The van der Waals surface area contributed by atoms with Crippen LogP contribution in [0.1, 0.15) is 47.0 Å². The standard InChI is InChI=1S/C13H27NS/c1-5-6-8-11(2)9-7-10-14-12(3)13(4)15/h5-6,11-15H,7-10H2,1-4H3/b6-5+. The van der Waals surface area contributed by atoms with Gasteiger partial charge >= 0.3 is 0 Å². The SMILES string of the molecule is C/C=C/CC(C)CCCNC(C)C(C)S. The normalized spacial score (nSPS) is 17.9. The van der Waals surface area contributed by atoms with Crippen LogP contribution in [0.15, 0.2) is 12.2 Å². The molecule has 0 heterocycles. The third-order valence-electron chi connectivity index (χ3n) is 2.84. The van der Waals surface area contributed by atoms with Gasteiger partial charge in [-0.15, -0.1) is 0 Å². The molecule has 0 aromatic heterocycles. The lowest BCUT2D eigenvalue weighted by atomic mass is 10.0. The summed E-state index contributed by atoms with van der Waals surface area (Å²) in [5.41, 5.74) is 0. The van der Waals surface area contributed by atoms with Gasteiger partial charge in [0, 0.05) is 11.3 Å². The van der Waals surface area contributed by atoms with E-state index in [0.717, 1.165) is 12.5 Å². The third-order valence-corrected chi connectivity index (χ3v) is 3.28. The van der Waals surface area contributed by atoms with Crippen molar-refractivity contribution in [1.29, 1.82) is 0 Å². The molecule has 3 unspecified atom stereocenters. The van der Waals surface area contributed by atoms with Gasteiger partial charge in [0.2, 0.25) is 0 Å². The zero-order valence-electron chi connectivity index (χ0n) is 10.7. The van der Waals surface area contributed by atoms with Gasteiger partial charge in [-0.3, -0.25) is 0 Å². The largest absolute Gasteiger partial charge is 0.313 e. The molecule has 0 aliphatic carbocycles. The first-order valence-electron chi connectivity index (χ1n) is 6.10. The van der Waals surface area contributed by atoms with Crippen molar-refractivity contribution in [1.82, 2.24) is 5.32 Å². The fourth-order valence-corrected chi connectivity index (χ4v) is 1.54. The highest BCUT2D eigenvalue weighted by atomic mass is 32.1. The second-order valence-electron chi connectivity index (χ2n) is 4.54. The first-order chi connectivity index (χ1) is 7.07. The summed E-state index contributed by atoms with van der Waals surface area (Å²) >= 11 is 4.41. The number of thiol groups is 1. The van der Waals surface area contributed by atoms with Gasteiger partial charge in [-0.25, -0.2) is 0 Å². The van der Waals surface area contributed by atoms with Crippen molar-refractivity contribution in [2.24, 2.45) is 5.92 Å². The average Bonchev–Trinajstić information content (AvgIpc) is 2.20. The minimum absolute atomic E-state index is 0.436. The van der Waals surface area contributed by atoms with E-state index in [1.54, 1.807) is 0 Å². The highest BCUT2D eigenvalue weighted by molar-refractivity contribution is 7.81. The molecule has 0 fully saturated rings. The zero-order valence-corrected chi connectivity index (χ0v) is 11.6. The first kappa shape index (κ1) is 15.0. The van der Waals surface area contributed by atoms with Crippen LogP contribution in [0.2, 0.25) is 0 Å². The van der Waals surface area contributed by atoms with Gasteiger partial charge in [0.05, 0.1) is 0 Å². The van der Waals surface area contributed by atoms with Gasteiger partial charge in [-0.2, -0.15) is 12.6 Å². The van der Waals surface area contributed by atoms with Crippen molar-refractivity contribution in [2.75, 3.05) is 6.54 Å². The van der Waals surface area contributed by atoms with Gasteiger partial charge in [0.1, 0.15) is 0 Å². The molecular weight excluding hydrogens is 202 g/mol. The highest BCUT2D eigenvalue weighted by Gasteiger charge is 2.06. The lowest BCUT2D eigenvalue weighted by molar-refractivity contribution is 0.470. The van der Waals surface area contributed by atoms with Gasteiger partial charge in [-0.1, -0.05) is 26.0 Å². The minimum Gasteiger partial charge on any atom is -0.313 e. The second kappa shape index (κ2) is 9.29. The van der Waals surface area contributed by atoms with Crippen LogP contribution in [0, 0.1) is 5.92 Å². The number of nitrogens with one attached hydrogen (secondary N) is 1. The van der Waals surface area contributed by atoms with Gasteiger partial charge in [0.25, 0.3) is 0 Å². The molecule has 3 atom stereocenters. The summed E-state index contributed by atoms with van der Waals surface area (Å²) in [7, 11) is 0. The van der Waals surface area contributed by atoms with Crippen LogP contribution in [-0.2, 0) is 0 Å². The summed E-state index contributed by atoms with van der Waals surface area (Å²) in [6.07, 6.45) is 8.19. The molecule has 1 N–H and O–H groups in total. The first-order valence-corrected chi connectivity index (χ1v) is 6.62. The summed E-state index contributed by atoms with van der Waals surface area (Å²) in [4.78, 5) is 0. The smallest absolute Gasteiger partial charge is 0.0153 e. The molecule has 1 nitrogen and oxygen atoms in total. The average molecular weight is 229 g/mol. The van der Waals surface area contributed by atoms with E-state index in [9.17, 15) is 0 Å². The van der Waals surface area contributed by atoms with Crippen molar-refractivity contribution in [3.63, 3.8) is 0 Å². The van der Waals surface area contributed by atoms with Crippen LogP contribution >= 0.6 is 12.6 Å². The molecule has 0 saturated heterocycles. The number of rotatable bonds is 8. The van der Waals surface area contributed by atoms with Crippen molar-refractivity contribution in [3.8, 4) is 0 Å². The Labute approximate surface area is 101 Å². The topological polar surface area (TPSA) is 12.0 Å². The van der Waals surface area contributed by atoms with Gasteiger partial charge < -0.3 is 5.32 Å². The molecule has 0 aliphatic heterocycles. The highest BCUT2D eigenvalue weighted by Crippen LogP contribution is 2.10. The van der Waals surface area contributed by atoms with E-state index in [4.69, 9.17) is 0 Å². The van der Waals surface area contributed by atoms with Crippen molar-refractivity contribution in [3.05, 3.63) is 12.2 Å². The van der Waals surface area contributed by atoms with Crippen molar-refractivity contribution in [2.45, 2.75) is 58.2 Å². The second-order valence-corrected chi connectivity index (χ2v) is 5.35. The Morgan fingerprint density at radius 2 is 1.93 bits per heavy atom. The predicted octanol–water partition coefficient (Wildman–Crippen LogP) is 3.67. The molecule has 0 aromatic rings. The summed E-state index contributed by atoms with van der Waals surface area (Å²) < 4.78 is 0. The Morgan fingerprint density at radius 1 is 1.27 bits per heavy atom. The molecular formula is C13H27NS. The summed E-state index contributed by atoms with van der Waals surface area (Å²) in [6.45, 7) is 9.86. The summed E-state index contributed by atoms with van der Waals surface area (Å²) in [6, 6.07) is 0.513. The van der Waals surface area contributed by atoms with E-state index in [2.05, 4.69) is 57.8 Å². The Morgan fingerprint density at radius 3 is 2.47 bits per heavy atom. The monoisotopic (exact) mass is 229 g/mol. The lowest BCUT2D eigenvalue weighted by Crippen LogP contribution is -2.33. The van der Waals surface area contributed by atoms with Crippen LogP contribution in [0.5, 0.6) is 0 Å². The maximum atomic E-state index is 4.41. The van der Waals surface area contributed by atoms with E-state index >= 15 is 0 Å². The van der Waals surface area contributed by atoms with Gasteiger partial charge in [-0.05, 0) is 45.6 Å². The molecule has 0 radical (unpaired) electrons. The fraction of sp³-hybridized carbons (Fsp3) is 0.846. The molecule has 90 valence electrons. The van der Waals surface area contributed by atoms with E-state index < -0.39 is 0 Å². The molecule has 15 heavy (non-hydrogen) atoms. The zero-order chi connectivity index (χ0) is 11.7. The van der Waals surface area contributed by atoms with E-state index in [-0.39, 0.29) is 0 Å². The summed E-state index contributed by atoms with van der Waals surface area (Å²) in [5.74, 6) is 0.812. The number of allylic oxidation sites excluding steroid dienone is 2. The molecule has 0 saturated carbocycles. The van der Waals surface area contributed by atoms with Crippen LogP contribution in [0.3, 0.4) is 0 Å². The molecule has 0 bridgehead atoms. The quantitative estimate of drug-likeness (QED) is 0.368. The Kier molecular flexibility index (Phi) is 9.32. The van der Waals surface area contributed by atoms with Crippen LogP contribution in [0.4, 0.5) is 0 Å². The molecule has 0 aromatic carbocycles. The molecule has 0 rings (SSSR count). The summed E-state index contributed by atoms with van der Waals surface area (Å²) in [5, 5.41) is 3.93. The predicted molar refractivity (Wildman–Crippen MR) is 73.7 cm³/mol. The van der Waals surface area contributed by atoms with E-state index in [0.29, 0.717) is 11.3 Å². The number of hydrogen-bond donors (Lipinski definition) is 2. The molecule has 0 spiro atoms. The lowest BCUT2D eigenvalue weighted by Gasteiger charge is -2.17. The van der Waals surface area contributed by atoms with Crippen LogP contribution in [-0.4, -0.2) is 17.8 Å². The van der Waals surface area contributed by atoms with E-state index in [1.165, 1.54) is 19.3 Å². The van der Waals surface area contributed by atoms with Crippen LogP contribution in [0.25, 0.3) is 0 Å². The van der Waals surface area contributed by atoms with Crippen molar-refractivity contribution < 1.29 is 0 Å². The van der Waals surface area contributed by atoms with Crippen LogP contribution < -0.4 is 5.32 Å². The Hall–Kier alpha value is 0.0500. The van der Waals surface area contributed by atoms with E-state index in [1.807, 2.05) is 0 Å². The Bertz CT molecular complexity index is 166. The van der Waals surface area contributed by atoms with Gasteiger partial charge in [0.15, 0.2) is 0 Å². The fourth-order valence-electron chi connectivity index (χ4n) is 1.44. The molecule has 2 heteroatoms. The maximum Gasteiger partial charge on any atom is 0.0153 e. The molecule has 0 amide bonds. The minimum atomic E-state index is 0.436. The third kappa shape index (κ3) is 9.01. The van der Waals surface area contributed by atoms with Crippen molar-refractivity contribution >= 4 is 12.6 Å². The number of hydrogen-bond acceptors (Lipinski definition) is 2. The maximum absolute atomic E-state index is 4.41.